The quantitative estimate of drug-likeness (QED) is 0.801. The van der Waals surface area contributed by atoms with E-state index in [1.807, 2.05) is 0 Å². The first-order valence-corrected chi connectivity index (χ1v) is 6.75. The number of hydrogen-bond acceptors (Lipinski definition) is 3. The molecule has 0 unspecified atom stereocenters. The van der Waals surface area contributed by atoms with Crippen LogP contribution >= 0.6 is 0 Å². The molecule has 112 valence electrons. The van der Waals surface area contributed by atoms with Gasteiger partial charge in [0.15, 0.2) is 0 Å². The number of likely N-dealkylation sites (N-methyl/N-ethyl adjacent to an activating group) is 1. The van der Waals surface area contributed by atoms with Crippen molar-refractivity contribution in [3.63, 3.8) is 0 Å². The number of carbonyl (C=O) groups excluding carboxylic acids is 2. The zero-order chi connectivity index (χ0) is 15.9. The smallest absolute Gasteiger partial charge is 0.337 e. The molecule has 0 saturated heterocycles. The lowest BCUT2D eigenvalue weighted by atomic mass is 9.89. The average molecular weight is 299 g/mol. The van der Waals surface area contributed by atoms with Gasteiger partial charge in [0, 0.05) is 18.2 Å². The van der Waals surface area contributed by atoms with Crippen molar-refractivity contribution in [1.29, 1.82) is 0 Å². The molecule has 4 nitrogen and oxygen atoms in total. The predicted octanol–water partition coefficient (Wildman–Crippen LogP) is 2.66. The fourth-order valence-electron chi connectivity index (χ4n) is 2.75. The van der Waals surface area contributed by atoms with Crippen molar-refractivity contribution in [2.24, 2.45) is 0 Å². The Balaban J connectivity index is 2.11. The Morgan fingerprint density at radius 1 is 1.14 bits per heavy atom. The summed E-state index contributed by atoms with van der Waals surface area (Å²) in [7, 11) is 2.82. The van der Waals surface area contributed by atoms with E-state index < -0.39 is 17.5 Å². The molecule has 1 heterocycles. The van der Waals surface area contributed by atoms with Crippen molar-refractivity contribution in [2.75, 3.05) is 19.1 Å². The minimum atomic E-state index is -2.24. The number of esters is 1. The molecule has 0 saturated carbocycles. The van der Waals surface area contributed by atoms with Gasteiger partial charge >= 0.3 is 5.97 Å². The van der Waals surface area contributed by atoms with E-state index >= 15 is 4.39 Å². The molecule has 0 aromatic heterocycles. The normalized spacial score (nSPS) is 20.0. The van der Waals surface area contributed by atoms with Gasteiger partial charge in [0.25, 0.3) is 5.91 Å². The van der Waals surface area contributed by atoms with E-state index in [1.54, 1.807) is 31.3 Å². The Bertz CT molecular complexity index is 757. The van der Waals surface area contributed by atoms with Crippen molar-refractivity contribution >= 4 is 17.6 Å². The average Bonchev–Trinajstić information content (AvgIpc) is 2.77. The Morgan fingerprint density at radius 2 is 1.77 bits per heavy atom. The Morgan fingerprint density at radius 3 is 2.41 bits per heavy atom. The highest BCUT2D eigenvalue weighted by Gasteiger charge is 2.51. The van der Waals surface area contributed by atoms with Gasteiger partial charge in [-0.25, -0.2) is 9.18 Å². The third kappa shape index (κ3) is 1.82. The highest BCUT2D eigenvalue weighted by molar-refractivity contribution is 6.08. The fourth-order valence-corrected chi connectivity index (χ4v) is 2.75. The van der Waals surface area contributed by atoms with Gasteiger partial charge in [0.2, 0.25) is 5.67 Å². The summed E-state index contributed by atoms with van der Waals surface area (Å²) in [5.41, 5.74) is -0.871. The van der Waals surface area contributed by atoms with Gasteiger partial charge in [-0.3, -0.25) is 4.79 Å². The van der Waals surface area contributed by atoms with Gasteiger partial charge in [-0.1, -0.05) is 30.3 Å². The van der Waals surface area contributed by atoms with E-state index in [2.05, 4.69) is 4.74 Å². The third-order valence-electron chi connectivity index (χ3n) is 3.94. The molecule has 2 aromatic rings. The van der Waals surface area contributed by atoms with Crippen molar-refractivity contribution in [1.82, 2.24) is 0 Å². The molecule has 0 spiro atoms. The molecular weight excluding hydrogens is 285 g/mol. The minimum absolute atomic E-state index is 0.196. The number of nitrogens with zero attached hydrogens (tertiary/aromatic N) is 1. The lowest BCUT2D eigenvalue weighted by molar-refractivity contribution is -0.126. The molecule has 0 aliphatic carbocycles. The first-order valence-electron chi connectivity index (χ1n) is 6.75. The Kier molecular flexibility index (Phi) is 3.20. The van der Waals surface area contributed by atoms with Crippen LogP contribution in [0.15, 0.2) is 48.5 Å². The summed E-state index contributed by atoms with van der Waals surface area (Å²) in [4.78, 5) is 25.2. The van der Waals surface area contributed by atoms with E-state index in [-0.39, 0.29) is 5.56 Å². The standard InChI is InChI=1S/C17H14FNO3/c1-19-14-6-4-3-5-13(14)17(18,16(19)21)12-9-7-11(8-10-12)15(20)22-2/h3-10H,1-2H3/t17-/m1/s1. The van der Waals surface area contributed by atoms with Crippen LogP contribution in [0.4, 0.5) is 10.1 Å². The number of anilines is 1. The zero-order valence-corrected chi connectivity index (χ0v) is 12.2. The van der Waals surface area contributed by atoms with E-state index in [0.717, 1.165) is 0 Å². The molecule has 0 bridgehead atoms. The molecule has 2 aromatic carbocycles. The molecule has 1 atom stereocenters. The summed E-state index contributed by atoms with van der Waals surface area (Å²) < 4.78 is 20.2. The molecule has 3 rings (SSSR count). The van der Waals surface area contributed by atoms with Crippen molar-refractivity contribution in [3.05, 3.63) is 65.2 Å². The first-order chi connectivity index (χ1) is 10.5. The molecule has 0 N–H and O–H groups in total. The van der Waals surface area contributed by atoms with E-state index in [0.29, 0.717) is 16.8 Å². The highest BCUT2D eigenvalue weighted by Crippen LogP contribution is 2.46. The molecule has 5 heteroatoms. The van der Waals surface area contributed by atoms with Crippen molar-refractivity contribution in [3.8, 4) is 0 Å². The summed E-state index contributed by atoms with van der Waals surface area (Å²) in [6.45, 7) is 0. The molecule has 22 heavy (non-hydrogen) atoms. The number of hydrogen-bond donors (Lipinski definition) is 0. The second kappa shape index (κ2) is 4.94. The van der Waals surface area contributed by atoms with Crippen LogP contribution in [0.5, 0.6) is 0 Å². The summed E-state index contributed by atoms with van der Waals surface area (Å²) in [6, 6.07) is 12.6. The van der Waals surface area contributed by atoms with Gasteiger partial charge in [-0.05, 0) is 18.2 Å². The maximum Gasteiger partial charge on any atom is 0.337 e. The van der Waals surface area contributed by atoms with Gasteiger partial charge in [0.1, 0.15) is 0 Å². The largest absolute Gasteiger partial charge is 0.465 e. The number of fused-ring (bicyclic) bond motifs is 1. The van der Waals surface area contributed by atoms with E-state index in [9.17, 15) is 9.59 Å². The maximum absolute atomic E-state index is 15.6. The number of carbonyl (C=O) groups is 2. The molecule has 1 aliphatic heterocycles. The number of ether oxygens (including phenoxy) is 1. The summed E-state index contributed by atoms with van der Waals surface area (Å²) in [5, 5.41) is 0. The Hall–Kier alpha value is -2.69. The maximum atomic E-state index is 15.6. The van der Waals surface area contributed by atoms with Gasteiger partial charge in [-0.15, -0.1) is 0 Å². The first kappa shape index (κ1) is 14.3. The zero-order valence-electron chi connectivity index (χ0n) is 12.2. The van der Waals surface area contributed by atoms with Crippen LogP contribution in [0.3, 0.4) is 0 Å². The number of halogens is 1. The summed E-state index contributed by atoms with van der Waals surface area (Å²) in [5.74, 6) is -1.14. The summed E-state index contributed by atoms with van der Waals surface area (Å²) in [6.07, 6.45) is 0. The SMILES string of the molecule is COC(=O)c1ccc([C@]2(F)C(=O)N(C)c3ccccc32)cc1. The van der Waals surface area contributed by atoms with Crippen LogP contribution in [0, 0.1) is 0 Å². The van der Waals surface area contributed by atoms with E-state index in [4.69, 9.17) is 0 Å². The molecule has 1 amide bonds. The van der Waals surface area contributed by atoms with Crippen molar-refractivity contribution in [2.45, 2.75) is 5.67 Å². The Labute approximate surface area is 127 Å². The molecule has 0 radical (unpaired) electrons. The summed E-state index contributed by atoms with van der Waals surface area (Å²) >= 11 is 0. The third-order valence-corrected chi connectivity index (χ3v) is 3.94. The number of alkyl halides is 1. The fraction of sp³-hybridized carbons (Fsp3) is 0.176. The minimum Gasteiger partial charge on any atom is -0.465 e. The van der Waals surface area contributed by atoms with Crippen LogP contribution < -0.4 is 4.90 Å². The van der Waals surface area contributed by atoms with Crippen LogP contribution in [0.25, 0.3) is 0 Å². The van der Waals surface area contributed by atoms with Gasteiger partial charge in [0.05, 0.1) is 18.4 Å². The van der Waals surface area contributed by atoms with E-state index in [1.165, 1.54) is 36.3 Å². The number of para-hydroxylation sites is 1. The number of benzene rings is 2. The monoisotopic (exact) mass is 299 g/mol. The van der Waals surface area contributed by atoms with Crippen LogP contribution in [-0.4, -0.2) is 26.0 Å². The molecular formula is C17H14FNO3. The second-order valence-electron chi connectivity index (χ2n) is 5.11. The van der Waals surface area contributed by atoms with Crippen molar-refractivity contribution < 1.29 is 18.7 Å². The lowest BCUT2D eigenvalue weighted by Crippen LogP contribution is -2.35. The lowest BCUT2D eigenvalue weighted by Gasteiger charge is -2.19. The van der Waals surface area contributed by atoms with Crippen LogP contribution in [-0.2, 0) is 15.2 Å². The molecule has 1 aliphatic rings. The van der Waals surface area contributed by atoms with Gasteiger partial charge < -0.3 is 9.64 Å². The van der Waals surface area contributed by atoms with Crippen LogP contribution in [0.1, 0.15) is 21.5 Å². The second-order valence-corrected chi connectivity index (χ2v) is 5.11. The topological polar surface area (TPSA) is 46.6 Å². The van der Waals surface area contributed by atoms with Gasteiger partial charge in [-0.2, -0.15) is 0 Å². The number of rotatable bonds is 2. The number of amides is 1. The number of methoxy groups -OCH3 is 1. The van der Waals surface area contributed by atoms with Crippen LogP contribution in [0.2, 0.25) is 0 Å². The molecule has 0 fully saturated rings. The predicted molar refractivity (Wildman–Crippen MR) is 79.5 cm³/mol. The highest BCUT2D eigenvalue weighted by atomic mass is 19.1.